The fourth-order valence-electron chi connectivity index (χ4n) is 3.85. The van der Waals surface area contributed by atoms with Crippen LogP contribution in [-0.4, -0.2) is 34.4 Å². The van der Waals surface area contributed by atoms with E-state index in [2.05, 4.69) is 5.32 Å². The molecule has 6 nitrogen and oxygen atoms in total. The number of ether oxygens (including phenoxy) is 1. The lowest BCUT2D eigenvalue weighted by molar-refractivity contribution is -0.115. The molecule has 1 aliphatic carbocycles. The number of hydrogen-bond donors (Lipinski definition) is 1. The second-order valence-electron chi connectivity index (χ2n) is 7.80. The molecule has 0 fully saturated rings. The van der Waals surface area contributed by atoms with Crippen LogP contribution in [0.3, 0.4) is 0 Å². The minimum Gasteiger partial charge on any atom is -0.383 e. The molecule has 0 saturated carbocycles. The molecule has 1 unspecified atom stereocenters. The zero-order valence-electron chi connectivity index (χ0n) is 18.1. The van der Waals surface area contributed by atoms with Crippen molar-refractivity contribution in [3.8, 4) is 0 Å². The van der Waals surface area contributed by atoms with E-state index in [1.807, 2.05) is 38.1 Å². The van der Waals surface area contributed by atoms with Gasteiger partial charge in [-0.05, 0) is 56.7 Å². The number of nitrogens with one attached hydrogen (secondary N) is 1. The van der Waals surface area contributed by atoms with E-state index in [4.69, 9.17) is 9.72 Å². The van der Waals surface area contributed by atoms with E-state index in [0.29, 0.717) is 18.3 Å². The Labute approximate surface area is 190 Å². The van der Waals surface area contributed by atoms with E-state index in [1.54, 1.807) is 23.0 Å². The average Bonchev–Trinajstić information content (AvgIpc) is 3.13. The van der Waals surface area contributed by atoms with Gasteiger partial charge in [0.1, 0.15) is 4.83 Å². The predicted octanol–water partition coefficient (Wildman–Crippen LogP) is 4.41. The maximum absolute atomic E-state index is 13.4. The minimum absolute atomic E-state index is 0.0181. The number of aryl methyl sites for hydroxylation is 3. The summed E-state index contributed by atoms with van der Waals surface area (Å²) in [5, 5.41) is 3.91. The Bertz CT molecular complexity index is 1170. The highest BCUT2D eigenvalue weighted by Crippen LogP contribution is 2.35. The summed E-state index contributed by atoms with van der Waals surface area (Å²) in [6, 6.07) is 7.69. The Morgan fingerprint density at radius 1 is 1.32 bits per heavy atom. The Morgan fingerprint density at radius 2 is 2.10 bits per heavy atom. The number of para-hydroxylation sites is 1. The van der Waals surface area contributed by atoms with Crippen molar-refractivity contribution in [3.05, 3.63) is 50.6 Å². The number of carbonyl (C=O) groups excluding carboxylic acids is 1. The number of methoxy groups -OCH3 is 1. The van der Waals surface area contributed by atoms with Crippen LogP contribution in [0.5, 0.6) is 0 Å². The van der Waals surface area contributed by atoms with Crippen LogP contribution in [0.1, 0.15) is 35.8 Å². The summed E-state index contributed by atoms with van der Waals surface area (Å²) < 4.78 is 6.91. The van der Waals surface area contributed by atoms with Crippen molar-refractivity contribution in [1.82, 2.24) is 9.55 Å². The number of rotatable bonds is 7. The number of thioether (sulfide) groups is 1. The van der Waals surface area contributed by atoms with Crippen molar-refractivity contribution in [2.24, 2.45) is 0 Å². The first-order valence-corrected chi connectivity index (χ1v) is 12.3. The maximum atomic E-state index is 13.4. The lowest BCUT2D eigenvalue weighted by Gasteiger charge is -2.16. The highest BCUT2D eigenvalue weighted by atomic mass is 32.2. The molecule has 0 saturated heterocycles. The first-order valence-electron chi connectivity index (χ1n) is 10.6. The van der Waals surface area contributed by atoms with Crippen LogP contribution in [0, 0.1) is 6.92 Å². The number of hydrogen-bond acceptors (Lipinski definition) is 6. The smallest absolute Gasteiger partial charge is 0.263 e. The predicted molar refractivity (Wildman–Crippen MR) is 128 cm³/mol. The molecule has 1 atom stereocenters. The molecule has 1 aromatic carbocycles. The fraction of sp³-hybridized carbons (Fsp3) is 0.435. The third-order valence-corrected chi connectivity index (χ3v) is 7.89. The molecule has 1 N–H and O–H groups in total. The number of amides is 1. The molecular formula is C23H27N3O3S2. The monoisotopic (exact) mass is 457 g/mol. The Hall–Kier alpha value is -2.16. The quantitative estimate of drug-likeness (QED) is 0.420. The number of fused-ring (bicyclic) bond motifs is 3. The lowest BCUT2D eigenvalue weighted by atomic mass is 9.97. The van der Waals surface area contributed by atoms with Crippen LogP contribution in [-0.2, 0) is 28.9 Å². The van der Waals surface area contributed by atoms with Crippen molar-refractivity contribution in [2.45, 2.75) is 56.5 Å². The highest BCUT2D eigenvalue weighted by Gasteiger charge is 2.24. The molecule has 0 radical (unpaired) electrons. The second kappa shape index (κ2) is 9.54. The molecular weight excluding hydrogens is 430 g/mol. The van der Waals surface area contributed by atoms with E-state index in [-0.39, 0.29) is 11.5 Å². The summed E-state index contributed by atoms with van der Waals surface area (Å²) in [4.78, 5) is 33.2. The van der Waals surface area contributed by atoms with Crippen LogP contribution in [0.4, 0.5) is 5.69 Å². The summed E-state index contributed by atoms with van der Waals surface area (Å²) in [5.41, 5.74) is 2.96. The topological polar surface area (TPSA) is 73.2 Å². The molecule has 0 bridgehead atoms. The number of aromatic nitrogens is 2. The van der Waals surface area contributed by atoms with Gasteiger partial charge in [-0.2, -0.15) is 0 Å². The zero-order chi connectivity index (χ0) is 22.0. The van der Waals surface area contributed by atoms with Gasteiger partial charge in [0.05, 0.1) is 23.8 Å². The number of carbonyl (C=O) groups is 1. The summed E-state index contributed by atoms with van der Waals surface area (Å²) in [7, 11) is 1.62. The standard InChI is InChI=1S/C23H27N3O3S2/c1-14-8-4-6-10-17(14)24-20(27)15(2)30-23-25-21-19(22(28)26(23)12-13-29-3)16-9-5-7-11-18(16)31-21/h4,6,8,10,15H,5,7,9,11-13H2,1-3H3,(H,24,27). The largest absolute Gasteiger partial charge is 0.383 e. The minimum atomic E-state index is -0.410. The van der Waals surface area contributed by atoms with E-state index >= 15 is 0 Å². The van der Waals surface area contributed by atoms with E-state index in [9.17, 15) is 9.59 Å². The summed E-state index contributed by atoms with van der Waals surface area (Å²) in [5.74, 6) is -0.114. The molecule has 31 heavy (non-hydrogen) atoms. The van der Waals surface area contributed by atoms with Gasteiger partial charge in [0.2, 0.25) is 5.91 Å². The average molecular weight is 458 g/mol. The normalized spacial score (nSPS) is 14.4. The lowest BCUT2D eigenvalue weighted by Crippen LogP contribution is -2.28. The van der Waals surface area contributed by atoms with E-state index < -0.39 is 5.25 Å². The molecule has 0 aliphatic heterocycles. The summed E-state index contributed by atoms with van der Waals surface area (Å²) in [6.07, 6.45) is 4.24. The fourth-order valence-corrected chi connectivity index (χ4v) is 6.09. The number of thiophene rings is 1. The van der Waals surface area contributed by atoms with Crippen molar-refractivity contribution in [3.63, 3.8) is 0 Å². The van der Waals surface area contributed by atoms with Gasteiger partial charge in [-0.15, -0.1) is 11.3 Å². The van der Waals surface area contributed by atoms with Crippen LogP contribution >= 0.6 is 23.1 Å². The van der Waals surface area contributed by atoms with E-state index in [1.165, 1.54) is 22.2 Å². The van der Waals surface area contributed by atoms with Gasteiger partial charge < -0.3 is 10.1 Å². The number of anilines is 1. The molecule has 1 amide bonds. The molecule has 0 spiro atoms. The Kier molecular flexibility index (Phi) is 6.79. The molecule has 4 rings (SSSR count). The van der Waals surface area contributed by atoms with Gasteiger partial charge in [0.25, 0.3) is 5.56 Å². The van der Waals surface area contributed by atoms with Crippen molar-refractivity contribution >= 4 is 44.9 Å². The van der Waals surface area contributed by atoms with Gasteiger partial charge in [-0.25, -0.2) is 4.98 Å². The Balaban J connectivity index is 1.66. The van der Waals surface area contributed by atoms with Crippen molar-refractivity contribution < 1.29 is 9.53 Å². The third kappa shape index (κ3) is 4.56. The number of benzene rings is 1. The van der Waals surface area contributed by atoms with Gasteiger partial charge in [-0.3, -0.25) is 14.2 Å². The third-order valence-electron chi connectivity index (χ3n) is 5.61. The van der Waals surface area contributed by atoms with Crippen LogP contribution in [0.25, 0.3) is 10.2 Å². The maximum Gasteiger partial charge on any atom is 0.263 e. The van der Waals surface area contributed by atoms with Gasteiger partial charge in [-0.1, -0.05) is 30.0 Å². The van der Waals surface area contributed by atoms with Crippen molar-refractivity contribution in [1.29, 1.82) is 0 Å². The first-order chi connectivity index (χ1) is 15.0. The highest BCUT2D eigenvalue weighted by molar-refractivity contribution is 8.00. The molecule has 2 heterocycles. The van der Waals surface area contributed by atoms with Gasteiger partial charge in [0.15, 0.2) is 5.16 Å². The molecule has 164 valence electrons. The molecule has 8 heteroatoms. The number of nitrogens with zero attached hydrogens (tertiary/aromatic N) is 2. The van der Waals surface area contributed by atoms with Gasteiger partial charge >= 0.3 is 0 Å². The summed E-state index contributed by atoms with van der Waals surface area (Å²) in [6.45, 7) is 4.63. The molecule has 3 aromatic rings. The molecule has 1 aliphatic rings. The zero-order valence-corrected chi connectivity index (χ0v) is 19.7. The van der Waals surface area contributed by atoms with Crippen LogP contribution < -0.4 is 10.9 Å². The Morgan fingerprint density at radius 3 is 2.87 bits per heavy atom. The first kappa shape index (κ1) is 22.0. The summed E-state index contributed by atoms with van der Waals surface area (Å²) >= 11 is 2.95. The van der Waals surface area contributed by atoms with Crippen LogP contribution in [0.2, 0.25) is 0 Å². The SMILES string of the molecule is COCCn1c(SC(C)C(=O)Nc2ccccc2C)nc2sc3c(c2c1=O)CCCC3. The van der Waals surface area contributed by atoms with Crippen LogP contribution in [0.15, 0.2) is 34.2 Å². The van der Waals surface area contributed by atoms with Gasteiger partial charge in [0, 0.05) is 17.7 Å². The second-order valence-corrected chi connectivity index (χ2v) is 10.2. The molecule has 2 aromatic heterocycles. The van der Waals surface area contributed by atoms with E-state index in [0.717, 1.165) is 47.2 Å². The van der Waals surface area contributed by atoms with Crippen molar-refractivity contribution in [2.75, 3.05) is 19.0 Å².